The molecule has 0 aliphatic rings. The van der Waals surface area contributed by atoms with E-state index in [-0.39, 0.29) is 17.4 Å². The fourth-order valence-corrected chi connectivity index (χ4v) is 1.17. The van der Waals surface area contributed by atoms with Crippen molar-refractivity contribution in [1.82, 2.24) is 20.2 Å². The molecule has 8 nitrogen and oxygen atoms in total. The molecular weight excluding hydrogens is 224 g/mol. The number of ether oxygens (including phenoxy) is 1. The van der Waals surface area contributed by atoms with Gasteiger partial charge in [-0.1, -0.05) is 5.16 Å². The van der Waals surface area contributed by atoms with E-state index in [1.165, 1.54) is 12.4 Å². The van der Waals surface area contributed by atoms with Gasteiger partial charge >= 0.3 is 0 Å². The van der Waals surface area contributed by atoms with Crippen molar-refractivity contribution in [2.75, 3.05) is 0 Å². The standard InChI is InChI=1S/C9H10N6O2/c1-5-4-6(14-13-5)17-9-7(8(10)15-16)11-2-3-12-9/h2-4,16H,1H3,(H2,10,15)(H,13,14). The van der Waals surface area contributed by atoms with E-state index in [2.05, 4.69) is 25.3 Å². The van der Waals surface area contributed by atoms with Crippen LogP contribution in [0.2, 0.25) is 0 Å². The topological polar surface area (TPSA) is 122 Å². The van der Waals surface area contributed by atoms with E-state index in [0.29, 0.717) is 5.88 Å². The summed E-state index contributed by atoms with van der Waals surface area (Å²) in [6.07, 6.45) is 2.85. The number of rotatable bonds is 3. The van der Waals surface area contributed by atoms with Crippen molar-refractivity contribution in [2.45, 2.75) is 6.92 Å². The maximum atomic E-state index is 8.60. The average molecular weight is 234 g/mol. The summed E-state index contributed by atoms with van der Waals surface area (Å²) in [5, 5.41) is 18.0. The van der Waals surface area contributed by atoms with Gasteiger partial charge in [0.05, 0.1) is 0 Å². The third-order valence-electron chi connectivity index (χ3n) is 1.90. The molecule has 0 atom stereocenters. The highest BCUT2D eigenvalue weighted by Crippen LogP contribution is 2.19. The molecule has 17 heavy (non-hydrogen) atoms. The number of hydrogen-bond acceptors (Lipinski definition) is 6. The molecule has 0 spiro atoms. The van der Waals surface area contributed by atoms with Gasteiger partial charge in [0.2, 0.25) is 5.88 Å². The summed E-state index contributed by atoms with van der Waals surface area (Å²) in [4.78, 5) is 7.85. The van der Waals surface area contributed by atoms with Gasteiger partial charge < -0.3 is 15.7 Å². The monoisotopic (exact) mass is 234 g/mol. The Kier molecular flexibility index (Phi) is 2.86. The highest BCUT2D eigenvalue weighted by Gasteiger charge is 2.13. The molecule has 2 aromatic rings. The summed E-state index contributed by atoms with van der Waals surface area (Å²) in [5.41, 5.74) is 6.43. The molecule has 0 aromatic carbocycles. The summed E-state index contributed by atoms with van der Waals surface area (Å²) in [6.45, 7) is 1.83. The van der Waals surface area contributed by atoms with Gasteiger partial charge in [-0.2, -0.15) is 0 Å². The van der Waals surface area contributed by atoms with Gasteiger partial charge in [-0.15, -0.1) is 5.10 Å². The van der Waals surface area contributed by atoms with Crippen LogP contribution in [-0.4, -0.2) is 31.2 Å². The third kappa shape index (κ3) is 2.30. The average Bonchev–Trinajstić information content (AvgIpc) is 2.74. The van der Waals surface area contributed by atoms with E-state index in [1.54, 1.807) is 6.07 Å². The van der Waals surface area contributed by atoms with E-state index in [0.717, 1.165) is 5.69 Å². The van der Waals surface area contributed by atoms with Crippen LogP contribution in [0.15, 0.2) is 23.6 Å². The van der Waals surface area contributed by atoms with Crippen LogP contribution >= 0.6 is 0 Å². The highest BCUT2D eigenvalue weighted by molar-refractivity contribution is 5.97. The second-order valence-electron chi connectivity index (χ2n) is 3.19. The molecule has 4 N–H and O–H groups in total. The largest absolute Gasteiger partial charge is 0.417 e. The minimum absolute atomic E-state index is 0.120. The fraction of sp³-hybridized carbons (Fsp3) is 0.111. The molecule has 0 bridgehead atoms. The summed E-state index contributed by atoms with van der Waals surface area (Å²) in [6, 6.07) is 1.69. The maximum absolute atomic E-state index is 8.60. The number of aryl methyl sites for hydroxylation is 1. The van der Waals surface area contributed by atoms with E-state index in [4.69, 9.17) is 15.7 Å². The van der Waals surface area contributed by atoms with Crippen molar-refractivity contribution >= 4 is 5.84 Å². The number of H-pyrrole nitrogens is 1. The van der Waals surface area contributed by atoms with E-state index in [9.17, 15) is 0 Å². The number of amidine groups is 1. The molecule has 2 rings (SSSR count). The molecule has 0 saturated heterocycles. The second-order valence-corrected chi connectivity index (χ2v) is 3.19. The molecule has 0 saturated carbocycles. The Bertz CT molecular complexity index is 550. The summed E-state index contributed by atoms with van der Waals surface area (Å²) < 4.78 is 5.37. The van der Waals surface area contributed by atoms with Crippen molar-refractivity contribution < 1.29 is 9.94 Å². The zero-order valence-corrected chi connectivity index (χ0v) is 8.95. The first-order valence-electron chi connectivity index (χ1n) is 4.69. The zero-order chi connectivity index (χ0) is 12.3. The Hall–Kier alpha value is -2.64. The Morgan fingerprint density at radius 1 is 1.47 bits per heavy atom. The van der Waals surface area contributed by atoms with Gasteiger partial charge in [0.25, 0.3) is 5.88 Å². The number of nitrogens with zero attached hydrogens (tertiary/aromatic N) is 4. The van der Waals surface area contributed by atoms with E-state index >= 15 is 0 Å². The fourth-order valence-electron chi connectivity index (χ4n) is 1.17. The Morgan fingerprint density at radius 2 is 2.24 bits per heavy atom. The first kappa shape index (κ1) is 10.9. The molecule has 0 aliphatic heterocycles. The molecule has 0 radical (unpaired) electrons. The van der Waals surface area contributed by atoms with Gasteiger partial charge in [0, 0.05) is 24.2 Å². The van der Waals surface area contributed by atoms with Crippen LogP contribution in [0, 0.1) is 6.92 Å². The van der Waals surface area contributed by atoms with Crippen LogP contribution in [-0.2, 0) is 0 Å². The zero-order valence-electron chi connectivity index (χ0n) is 8.95. The maximum Gasteiger partial charge on any atom is 0.251 e. The Balaban J connectivity index is 2.32. The van der Waals surface area contributed by atoms with Crippen molar-refractivity contribution in [3.05, 3.63) is 29.8 Å². The smallest absolute Gasteiger partial charge is 0.251 e. The van der Waals surface area contributed by atoms with Crippen LogP contribution in [0.5, 0.6) is 11.8 Å². The van der Waals surface area contributed by atoms with Crippen LogP contribution in [0.1, 0.15) is 11.4 Å². The molecule has 0 unspecified atom stereocenters. The minimum atomic E-state index is -0.180. The number of aromatic amines is 1. The Morgan fingerprint density at radius 3 is 2.88 bits per heavy atom. The molecule has 88 valence electrons. The summed E-state index contributed by atoms with van der Waals surface area (Å²) >= 11 is 0. The number of nitrogens with two attached hydrogens (primary N) is 1. The second kappa shape index (κ2) is 4.47. The van der Waals surface area contributed by atoms with Crippen molar-refractivity contribution in [1.29, 1.82) is 0 Å². The quantitative estimate of drug-likeness (QED) is 0.305. The lowest BCUT2D eigenvalue weighted by atomic mass is 10.4. The number of oxime groups is 1. The number of hydrogen-bond donors (Lipinski definition) is 3. The van der Waals surface area contributed by atoms with Crippen molar-refractivity contribution in [3.63, 3.8) is 0 Å². The minimum Gasteiger partial charge on any atom is -0.417 e. The van der Waals surface area contributed by atoms with Crippen LogP contribution in [0.25, 0.3) is 0 Å². The lowest BCUT2D eigenvalue weighted by molar-refractivity contribution is 0.318. The molecule has 0 aliphatic carbocycles. The predicted molar refractivity (Wildman–Crippen MR) is 57.9 cm³/mol. The molecule has 2 aromatic heterocycles. The number of nitrogens with one attached hydrogen (secondary N) is 1. The first-order chi connectivity index (χ1) is 8.20. The molecule has 2 heterocycles. The summed E-state index contributed by atoms with van der Waals surface area (Å²) in [7, 11) is 0. The number of aromatic nitrogens is 4. The van der Waals surface area contributed by atoms with Crippen molar-refractivity contribution in [3.8, 4) is 11.8 Å². The predicted octanol–water partition coefficient (Wildman–Crippen LogP) is 0.395. The van der Waals surface area contributed by atoms with Crippen LogP contribution in [0.4, 0.5) is 0 Å². The lowest BCUT2D eigenvalue weighted by Gasteiger charge is -2.04. The SMILES string of the molecule is Cc1cc(Oc2nccnc2/C(N)=N/O)n[nH]1. The van der Waals surface area contributed by atoms with Gasteiger partial charge in [0.1, 0.15) is 0 Å². The molecule has 8 heteroatoms. The van der Waals surface area contributed by atoms with E-state index in [1.807, 2.05) is 6.92 Å². The van der Waals surface area contributed by atoms with Gasteiger partial charge in [0.15, 0.2) is 11.5 Å². The third-order valence-corrected chi connectivity index (χ3v) is 1.90. The highest BCUT2D eigenvalue weighted by atomic mass is 16.5. The van der Waals surface area contributed by atoms with E-state index < -0.39 is 0 Å². The lowest BCUT2D eigenvalue weighted by Crippen LogP contribution is -2.16. The van der Waals surface area contributed by atoms with Gasteiger partial charge in [-0.05, 0) is 6.92 Å². The normalized spacial score (nSPS) is 11.5. The van der Waals surface area contributed by atoms with Crippen molar-refractivity contribution in [2.24, 2.45) is 10.9 Å². The van der Waals surface area contributed by atoms with Crippen LogP contribution in [0.3, 0.4) is 0 Å². The Labute approximate surface area is 96.2 Å². The molecule has 0 amide bonds. The van der Waals surface area contributed by atoms with Gasteiger partial charge in [-0.3, -0.25) is 5.10 Å². The summed E-state index contributed by atoms with van der Waals surface area (Å²) in [5.74, 6) is 0.268. The molecule has 0 fully saturated rings. The molecular formula is C9H10N6O2. The first-order valence-corrected chi connectivity index (χ1v) is 4.69. The van der Waals surface area contributed by atoms with Crippen LogP contribution < -0.4 is 10.5 Å². The van der Waals surface area contributed by atoms with Gasteiger partial charge in [-0.25, -0.2) is 9.97 Å².